The molecule has 2 N–H and O–H groups in total. The van der Waals surface area contributed by atoms with E-state index in [0.29, 0.717) is 16.5 Å². The van der Waals surface area contributed by atoms with Crippen LogP contribution in [0.1, 0.15) is 16.1 Å². The number of terminal acetylenes is 1. The van der Waals surface area contributed by atoms with Crippen molar-refractivity contribution < 1.29 is 4.79 Å². The maximum Gasteiger partial charge on any atom is 0.275 e. The van der Waals surface area contributed by atoms with Gasteiger partial charge in [0.15, 0.2) is 0 Å². The maximum atomic E-state index is 12.3. The molecule has 0 saturated carbocycles. The van der Waals surface area contributed by atoms with E-state index in [0.717, 1.165) is 0 Å². The van der Waals surface area contributed by atoms with Crippen molar-refractivity contribution in [2.45, 2.75) is 13.1 Å². The molecule has 2 heterocycles. The second kappa shape index (κ2) is 6.84. The van der Waals surface area contributed by atoms with Crippen molar-refractivity contribution in [3.63, 3.8) is 0 Å². The molecule has 0 bridgehead atoms. The van der Waals surface area contributed by atoms with E-state index in [-0.39, 0.29) is 24.2 Å². The molecule has 124 valence electrons. The van der Waals surface area contributed by atoms with Gasteiger partial charge in [0.1, 0.15) is 12.1 Å². The number of hydrogen-bond acceptors (Lipinski definition) is 4. The van der Waals surface area contributed by atoms with E-state index in [1.54, 1.807) is 30.3 Å². The van der Waals surface area contributed by atoms with E-state index < -0.39 is 11.5 Å². The third-order valence-corrected chi connectivity index (χ3v) is 3.66. The molecule has 0 aliphatic carbocycles. The molecule has 2 aromatic heterocycles. The number of pyridine rings is 1. The first-order chi connectivity index (χ1) is 12.1. The van der Waals surface area contributed by atoms with Gasteiger partial charge in [-0.15, -0.1) is 6.42 Å². The lowest BCUT2D eigenvalue weighted by atomic mass is 10.1. The molecule has 3 rings (SSSR count). The number of rotatable bonds is 4. The molecule has 0 atom stereocenters. The van der Waals surface area contributed by atoms with Gasteiger partial charge in [0.25, 0.3) is 17.0 Å². The minimum atomic E-state index is -0.526. The van der Waals surface area contributed by atoms with Gasteiger partial charge in [-0.25, -0.2) is 4.68 Å². The van der Waals surface area contributed by atoms with Gasteiger partial charge in [0.05, 0.1) is 17.6 Å². The summed E-state index contributed by atoms with van der Waals surface area (Å²) in [6, 6.07) is 9.95. The highest BCUT2D eigenvalue weighted by Gasteiger charge is 2.13. The Kier molecular flexibility index (Phi) is 4.44. The summed E-state index contributed by atoms with van der Waals surface area (Å²) in [4.78, 5) is 38.7. The zero-order chi connectivity index (χ0) is 17.8. The first-order valence-electron chi connectivity index (χ1n) is 7.50. The number of nitrogens with zero attached hydrogens (tertiary/aromatic N) is 2. The smallest absolute Gasteiger partial charge is 0.275 e. The number of fused-ring (bicyclic) bond motifs is 1. The predicted molar refractivity (Wildman–Crippen MR) is 93.1 cm³/mol. The summed E-state index contributed by atoms with van der Waals surface area (Å²) in [5, 5.41) is 7.98. The van der Waals surface area contributed by atoms with Gasteiger partial charge in [-0.2, -0.15) is 5.10 Å². The Morgan fingerprint density at radius 3 is 2.68 bits per heavy atom. The Morgan fingerprint density at radius 2 is 1.96 bits per heavy atom. The highest BCUT2D eigenvalue weighted by molar-refractivity contribution is 5.94. The van der Waals surface area contributed by atoms with E-state index in [4.69, 9.17) is 6.42 Å². The van der Waals surface area contributed by atoms with Crippen molar-refractivity contribution in [1.82, 2.24) is 20.1 Å². The molecule has 0 aliphatic heterocycles. The molecule has 0 aliphatic rings. The number of amides is 1. The van der Waals surface area contributed by atoms with Crippen LogP contribution in [0.2, 0.25) is 0 Å². The van der Waals surface area contributed by atoms with Crippen LogP contribution in [-0.4, -0.2) is 20.7 Å². The quantitative estimate of drug-likeness (QED) is 0.685. The topological polar surface area (TPSA) is 96.8 Å². The average Bonchev–Trinajstić information content (AvgIpc) is 2.63. The van der Waals surface area contributed by atoms with E-state index >= 15 is 0 Å². The normalized spacial score (nSPS) is 10.4. The van der Waals surface area contributed by atoms with Gasteiger partial charge < -0.3 is 10.3 Å². The van der Waals surface area contributed by atoms with Crippen molar-refractivity contribution in [3.8, 4) is 12.3 Å². The Hall–Kier alpha value is -3.66. The molecule has 3 aromatic rings. The van der Waals surface area contributed by atoms with Gasteiger partial charge in [-0.3, -0.25) is 14.4 Å². The summed E-state index contributed by atoms with van der Waals surface area (Å²) >= 11 is 0. The summed E-state index contributed by atoms with van der Waals surface area (Å²) in [6.07, 6.45) is 6.73. The molecular formula is C18H14N4O3. The van der Waals surface area contributed by atoms with Gasteiger partial charge in [0.2, 0.25) is 0 Å². The van der Waals surface area contributed by atoms with Crippen LogP contribution in [0.25, 0.3) is 10.8 Å². The van der Waals surface area contributed by atoms with Crippen molar-refractivity contribution >= 4 is 16.7 Å². The maximum absolute atomic E-state index is 12.3. The predicted octanol–water partition coefficient (Wildman–Crippen LogP) is 0.648. The monoisotopic (exact) mass is 334 g/mol. The van der Waals surface area contributed by atoms with E-state index in [1.807, 2.05) is 0 Å². The number of carbonyl (C=O) groups is 1. The summed E-state index contributed by atoms with van der Waals surface area (Å²) in [5.74, 6) is 1.86. The van der Waals surface area contributed by atoms with Crippen LogP contribution >= 0.6 is 0 Å². The molecule has 7 heteroatoms. The van der Waals surface area contributed by atoms with Crippen LogP contribution in [-0.2, 0) is 13.1 Å². The van der Waals surface area contributed by atoms with Gasteiger partial charge >= 0.3 is 0 Å². The van der Waals surface area contributed by atoms with E-state index in [9.17, 15) is 14.4 Å². The van der Waals surface area contributed by atoms with Gasteiger partial charge in [-0.05, 0) is 18.2 Å². The lowest BCUT2D eigenvalue weighted by molar-refractivity contribution is 0.0949. The lowest BCUT2D eigenvalue weighted by Gasteiger charge is -2.10. The fourth-order valence-corrected chi connectivity index (χ4v) is 2.49. The van der Waals surface area contributed by atoms with Crippen LogP contribution in [0.15, 0.2) is 52.2 Å². The second-order valence-electron chi connectivity index (χ2n) is 5.25. The highest BCUT2D eigenvalue weighted by Crippen LogP contribution is 2.13. The van der Waals surface area contributed by atoms with Crippen molar-refractivity contribution in [2.75, 3.05) is 0 Å². The van der Waals surface area contributed by atoms with E-state index in [1.165, 1.54) is 16.9 Å². The fourth-order valence-electron chi connectivity index (χ4n) is 2.49. The number of benzene rings is 1. The SMILES string of the molecule is C#CCn1nc(CNC(=O)c2ccc[nH]c2=O)c2ccccc2c1=O. The Labute approximate surface area is 142 Å². The number of hydrogen-bond donors (Lipinski definition) is 2. The molecule has 0 spiro atoms. The summed E-state index contributed by atoms with van der Waals surface area (Å²) in [5.41, 5.74) is -0.270. The van der Waals surface area contributed by atoms with Crippen LogP contribution in [0.4, 0.5) is 0 Å². The number of carbonyl (C=O) groups excluding carboxylic acids is 1. The van der Waals surface area contributed by atoms with Crippen molar-refractivity contribution in [2.24, 2.45) is 0 Å². The van der Waals surface area contributed by atoms with Gasteiger partial charge in [-0.1, -0.05) is 24.1 Å². The molecule has 0 radical (unpaired) electrons. The fraction of sp³-hybridized carbons (Fsp3) is 0.111. The first-order valence-corrected chi connectivity index (χ1v) is 7.50. The minimum Gasteiger partial charge on any atom is -0.346 e. The molecule has 7 nitrogen and oxygen atoms in total. The van der Waals surface area contributed by atoms with Crippen LogP contribution in [0.5, 0.6) is 0 Å². The molecule has 1 amide bonds. The zero-order valence-corrected chi connectivity index (χ0v) is 13.2. The summed E-state index contributed by atoms with van der Waals surface area (Å²) in [7, 11) is 0. The second-order valence-corrected chi connectivity index (χ2v) is 5.25. The molecule has 1 aromatic carbocycles. The molecule has 0 unspecified atom stereocenters. The number of nitrogens with one attached hydrogen (secondary N) is 2. The molecular weight excluding hydrogens is 320 g/mol. The Morgan fingerprint density at radius 1 is 1.20 bits per heavy atom. The van der Waals surface area contributed by atoms with Crippen LogP contribution in [0, 0.1) is 12.3 Å². The van der Waals surface area contributed by atoms with Gasteiger partial charge in [0, 0.05) is 11.6 Å². The standard InChI is InChI=1S/C18H14N4O3/c1-2-10-22-18(25)13-7-4-3-6-12(13)15(21-22)11-20-17(24)14-8-5-9-19-16(14)23/h1,3-9H,10-11H2,(H,19,23)(H,20,24). The summed E-state index contributed by atoms with van der Waals surface area (Å²) in [6.45, 7) is 0.0848. The molecule has 25 heavy (non-hydrogen) atoms. The minimum absolute atomic E-state index is 0.00347. The third-order valence-electron chi connectivity index (χ3n) is 3.66. The zero-order valence-electron chi connectivity index (χ0n) is 13.2. The van der Waals surface area contributed by atoms with Crippen molar-refractivity contribution in [1.29, 1.82) is 0 Å². The van der Waals surface area contributed by atoms with Crippen LogP contribution in [0.3, 0.4) is 0 Å². The van der Waals surface area contributed by atoms with E-state index in [2.05, 4.69) is 21.3 Å². The Balaban J connectivity index is 1.96. The number of aromatic nitrogens is 3. The van der Waals surface area contributed by atoms with Crippen LogP contribution < -0.4 is 16.4 Å². The lowest BCUT2D eigenvalue weighted by Crippen LogP contribution is -2.31. The molecule has 0 saturated heterocycles. The summed E-state index contributed by atoms with van der Waals surface area (Å²) < 4.78 is 1.18. The highest BCUT2D eigenvalue weighted by atomic mass is 16.2. The average molecular weight is 334 g/mol. The third kappa shape index (κ3) is 3.19. The number of H-pyrrole nitrogens is 1. The number of aromatic amines is 1. The van der Waals surface area contributed by atoms with Crippen molar-refractivity contribution in [3.05, 3.63) is 74.6 Å². The molecule has 0 fully saturated rings. The Bertz CT molecular complexity index is 1110. The first kappa shape index (κ1) is 16.2. The largest absolute Gasteiger partial charge is 0.346 e.